The number of rotatable bonds is 4. The quantitative estimate of drug-likeness (QED) is 0.527. The van der Waals surface area contributed by atoms with Crippen LogP contribution in [-0.2, 0) is 16.1 Å². The average Bonchev–Trinajstić information content (AvgIpc) is 3.10. The summed E-state index contributed by atoms with van der Waals surface area (Å²) in [4.78, 5) is 20.7. The normalized spacial score (nSPS) is 10.8. The van der Waals surface area contributed by atoms with E-state index in [9.17, 15) is 4.79 Å². The molecule has 2 aromatic heterocycles. The molecule has 0 amide bonds. The molecule has 5 nitrogen and oxygen atoms in total. The summed E-state index contributed by atoms with van der Waals surface area (Å²) < 4.78 is 6.63. The SMILES string of the molecule is COC(=O)Cn1ccc2ccc(-c3nccc(-c4ccccc4)n3)cc21. The standard InChI is InChI=1S/C21H17N3O2/c1-26-20(25)14-24-12-10-16-7-8-17(13-19(16)24)21-22-11-9-18(23-21)15-5-3-2-4-6-15/h2-13H,14H2,1H3. The first-order valence-corrected chi connectivity index (χ1v) is 8.29. The van der Waals surface area contributed by atoms with Crippen LogP contribution in [0, 0.1) is 0 Å². The molecule has 2 aromatic carbocycles. The van der Waals surface area contributed by atoms with Gasteiger partial charge in [0.25, 0.3) is 0 Å². The van der Waals surface area contributed by atoms with Crippen LogP contribution >= 0.6 is 0 Å². The lowest BCUT2D eigenvalue weighted by Crippen LogP contribution is -2.10. The van der Waals surface area contributed by atoms with Gasteiger partial charge in [-0.15, -0.1) is 0 Å². The van der Waals surface area contributed by atoms with E-state index in [1.54, 1.807) is 6.20 Å². The zero-order valence-corrected chi connectivity index (χ0v) is 14.3. The molecule has 0 saturated carbocycles. The molecule has 0 N–H and O–H groups in total. The Morgan fingerprint density at radius 3 is 2.69 bits per heavy atom. The fourth-order valence-corrected chi connectivity index (χ4v) is 2.93. The zero-order valence-electron chi connectivity index (χ0n) is 14.3. The minimum atomic E-state index is -0.282. The molecule has 0 spiro atoms. The van der Waals surface area contributed by atoms with Gasteiger partial charge in [0.2, 0.25) is 0 Å². The van der Waals surface area contributed by atoms with Crippen molar-refractivity contribution >= 4 is 16.9 Å². The van der Waals surface area contributed by atoms with E-state index in [0.717, 1.165) is 27.7 Å². The predicted molar refractivity (Wildman–Crippen MR) is 100 cm³/mol. The third kappa shape index (κ3) is 3.07. The van der Waals surface area contributed by atoms with Crippen molar-refractivity contribution in [3.05, 3.63) is 73.1 Å². The van der Waals surface area contributed by atoms with Crippen molar-refractivity contribution in [1.82, 2.24) is 14.5 Å². The van der Waals surface area contributed by atoms with Gasteiger partial charge in [-0.25, -0.2) is 9.97 Å². The van der Waals surface area contributed by atoms with E-state index < -0.39 is 0 Å². The van der Waals surface area contributed by atoms with Gasteiger partial charge in [0.1, 0.15) is 6.54 Å². The Hall–Kier alpha value is -3.47. The number of esters is 1. The Morgan fingerprint density at radius 1 is 1.04 bits per heavy atom. The largest absolute Gasteiger partial charge is 0.468 e. The molecule has 0 bridgehead atoms. The van der Waals surface area contributed by atoms with Crippen LogP contribution in [-0.4, -0.2) is 27.6 Å². The molecule has 0 atom stereocenters. The van der Waals surface area contributed by atoms with E-state index in [0.29, 0.717) is 5.82 Å². The Balaban J connectivity index is 1.75. The number of nitrogens with zero attached hydrogens (tertiary/aromatic N) is 3. The van der Waals surface area contributed by atoms with Crippen LogP contribution in [0.15, 0.2) is 73.1 Å². The van der Waals surface area contributed by atoms with E-state index >= 15 is 0 Å². The summed E-state index contributed by atoms with van der Waals surface area (Å²) in [5, 5.41) is 1.05. The Morgan fingerprint density at radius 2 is 1.88 bits per heavy atom. The molecule has 2 heterocycles. The van der Waals surface area contributed by atoms with Crippen LogP contribution in [0.1, 0.15) is 0 Å². The summed E-state index contributed by atoms with van der Waals surface area (Å²) in [5.41, 5.74) is 3.77. The van der Waals surface area contributed by atoms with Crippen molar-refractivity contribution in [3.8, 4) is 22.6 Å². The Labute approximate surface area is 150 Å². The fraction of sp³-hybridized carbons (Fsp3) is 0.0952. The summed E-state index contributed by atoms with van der Waals surface area (Å²) >= 11 is 0. The minimum Gasteiger partial charge on any atom is -0.468 e. The topological polar surface area (TPSA) is 57.0 Å². The molecule has 5 heteroatoms. The van der Waals surface area contributed by atoms with Gasteiger partial charge in [-0.1, -0.05) is 42.5 Å². The first-order valence-electron chi connectivity index (χ1n) is 8.29. The number of carbonyl (C=O) groups excluding carboxylic acids is 1. The maximum atomic E-state index is 11.6. The number of methoxy groups -OCH3 is 1. The minimum absolute atomic E-state index is 0.175. The highest BCUT2D eigenvalue weighted by Gasteiger charge is 2.10. The number of ether oxygens (including phenoxy) is 1. The lowest BCUT2D eigenvalue weighted by Gasteiger charge is -2.07. The number of fused-ring (bicyclic) bond motifs is 1. The second-order valence-corrected chi connectivity index (χ2v) is 5.92. The zero-order chi connectivity index (χ0) is 17.9. The van der Waals surface area contributed by atoms with Gasteiger partial charge in [0.15, 0.2) is 5.82 Å². The van der Waals surface area contributed by atoms with E-state index in [1.807, 2.05) is 71.4 Å². The van der Waals surface area contributed by atoms with E-state index in [-0.39, 0.29) is 12.5 Å². The third-order valence-electron chi connectivity index (χ3n) is 4.28. The summed E-state index contributed by atoms with van der Waals surface area (Å²) in [7, 11) is 1.39. The molecular formula is C21H17N3O2. The predicted octanol–water partition coefficient (Wildman–Crippen LogP) is 3.94. The second-order valence-electron chi connectivity index (χ2n) is 5.92. The maximum Gasteiger partial charge on any atom is 0.325 e. The first-order chi connectivity index (χ1) is 12.7. The molecule has 0 aliphatic heterocycles. The van der Waals surface area contributed by atoms with Crippen molar-refractivity contribution in [2.45, 2.75) is 6.54 Å². The van der Waals surface area contributed by atoms with Gasteiger partial charge in [-0.2, -0.15) is 0 Å². The summed E-state index contributed by atoms with van der Waals surface area (Å²) in [6.45, 7) is 0.175. The van der Waals surface area contributed by atoms with Gasteiger partial charge in [0, 0.05) is 29.0 Å². The molecule has 4 rings (SSSR count). The maximum absolute atomic E-state index is 11.6. The van der Waals surface area contributed by atoms with Crippen molar-refractivity contribution < 1.29 is 9.53 Å². The molecular weight excluding hydrogens is 326 g/mol. The summed E-state index contributed by atoms with van der Waals surface area (Å²) in [6.07, 6.45) is 3.65. The van der Waals surface area contributed by atoms with Crippen molar-refractivity contribution in [1.29, 1.82) is 0 Å². The van der Waals surface area contributed by atoms with Crippen molar-refractivity contribution in [2.75, 3.05) is 7.11 Å². The van der Waals surface area contributed by atoms with Gasteiger partial charge in [0.05, 0.1) is 12.8 Å². The van der Waals surface area contributed by atoms with Gasteiger partial charge < -0.3 is 9.30 Å². The number of hydrogen-bond acceptors (Lipinski definition) is 4. The second kappa shape index (κ2) is 6.80. The number of aromatic nitrogens is 3. The van der Waals surface area contributed by atoms with Crippen molar-refractivity contribution in [3.63, 3.8) is 0 Å². The Bertz CT molecular complexity index is 1070. The lowest BCUT2D eigenvalue weighted by molar-refractivity contribution is -0.141. The van der Waals surface area contributed by atoms with Crippen LogP contribution in [0.25, 0.3) is 33.5 Å². The molecule has 0 aliphatic rings. The van der Waals surface area contributed by atoms with Crippen LogP contribution in [0.4, 0.5) is 0 Å². The highest BCUT2D eigenvalue weighted by atomic mass is 16.5. The van der Waals surface area contributed by atoms with Crippen LogP contribution < -0.4 is 0 Å². The van der Waals surface area contributed by atoms with Crippen LogP contribution in [0.3, 0.4) is 0 Å². The lowest BCUT2D eigenvalue weighted by atomic mass is 10.1. The van der Waals surface area contributed by atoms with Crippen LogP contribution in [0.2, 0.25) is 0 Å². The smallest absolute Gasteiger partial charge is 0.325 e. The molecule has 0 aliphatic carbocycles. The molecule has 0 fully saturated rings. The van der Waals surface area contributed by atoms with Gasteiger partial charge in [-0.05, 0) is 23.6 Å². The van der Waals surface area contributed by atoms with Crippen LogP contribution in [0.5, 0.6) is 0 Å². The molecule has 0 saturated heterocycles. The van der Waals surface area contributed by atoms with Crippen molar-refractivity contribution in [2.24, 2.45) is 0 Å². The number of benzene rings is 2. The molecule has 128 valence electrons. The average molecular weight is 343 g/mol. The van der Waals surface area contributed by atoms with Gasteiger partial charge in [-0.3, -0.25) is 4.79 Å². The highest BCUT2D eigenvalue weighted by molar-refractivity contribution is 5.86. The summed E-state index contributed by atoms with van der Waals surface area (Å²) in [5.74, 6) is 0.370. The van der Waals surface area contributed by atoms with E-state index in [2.05, 4.69) is 4.98 Å². The first kappa shape index (κ1) is 16.0. The molecule has 4 aromatic rings. The molecule has 0 unspecified atom stereocenters. The summed E-state index contributed by atoms with van der Waals surface area (Å²) in [6, 6.07) is 19.9. The highest BCUT2D eigenvalue weighted by Crippen LogP contribution is 2.25. The monoisotopic (exact) mass is 343 g/mol. The van der Waals surface area contributed by atoms with Gasteiger partial charge >= 0.3 is 5.97 Å². The fourth-order valence-electron chi connectivity index (χ4n) is 2.93. The molecule has 26 heavy (non-hydrogen) atoms. The third-order valence-corrected chi connectivity index (χ3v) is 4.28. The Kier molecular flexibility index (Phi) is 4.19. The van der Waals surface area contributed by atoms with E-state index in [4.69, 9.17) is 9.72 Å². The number of hydrogen-bond donors (Lipinski definition) is 0. The van der Waals surface area contributed by atoms with E-state index in [1.165, 1.54) is 7.11 Å². The number of carbonyl (C=O) groups is 1. The molecule has 0 radical (unpaired) electrons.